The zero-order chi connectivity index (χ0) is 20.9. The predicted octanol–water partition coefficient (Wildman–Crippen LogP) is 5.60. The quantitative estimate of drug-likeness (QED) is 0.380. The molecule has 30 heavy (non-hydrogen) atoms. The number of rotatable bonds is 5. The number of fused-ring (bicyclic) bond motifs is 1. The fourth-order valence-electron chi connectivity index (χ4n) is 3.04. The molecule has 0 fully saturated rings. The van der Waals surface area contributed by atoms with E-state index >= 15 is 0 Å². The average molecular weight is 461 g/mol. The molecule has 1 heterocycles. The third-order valence-electron chi connectivity index (χ3n) is 4.44. The van der Waals surface area contributed by atoms with E-state index in [0.29, 0.717) is 5.69 Å². The van der Waals surface area contributed by atoms with Crippen LogP contribution in [0, 0.1) is 0 Å². The fourth-order valence-corrected chi connectivity index (χ4v) is 3.45. The standard InChI is InChI=1S/C24H17BrN2O3/c25-18-9-3-6-16(14-18)15-21(27-24(29)22-12-5-13-30-22)23(28)26-20-11-4-8-17-7-1-2-10-19(17)20/h1-15H,(H,26,28)(H,27,29). The lowest BCUT2D eigenvalue weighted by molar-refractivity contribution is -0.113. The lowest BCUT2D eigenvalue weighted by atomic mass is 10.1. The summed E-state index contributed by atoms with van der Waals surface area (Å²) in [6.07, 6.45) is 3.02. The van der Waals surface area contributed by atoms with Crippen LogP contribution in [0.5, 0.6) is 0 Å². The van der Waals surface area contributed by atoms with Crippen LogP contribution in [-0.2, 0) is 4.79 Å². The van der Waals surface area contributed by atoms with E-state index in [1.165, 1.54) is 12.3 Å². The third kappa shape index (κ3) is 4.50. The number of carbonyl (C=O) groups excluding carboxylic acids is 2. The third-order valence-corrected chi connectivity index (χ3v) is 4.93. The van der Waals surface area contributed by atoms with Crippen molar-refractivity contribution in [2.75, 3.05) is 5.32 Å². The molecular formula is C24H17BrN2O3. The number of hydrogen-bond acceptors (Lipinski definition) is 3. The van der Waals surface area contributed by atoms with Crippen LogP contribution < -0.4 is 10.6 Å². The van der Waals surface area contributed by atoms with Crippen molar-refractivity contribution in [1.82, 2.24) is 5.32 Å². The van der Waals surface area contributed by atoms with E-state index in [1.54, 1.807) is 12.1 Å². The van der Waals surface area contributed by atoms with E-state index in [9.17, 15) is 9.59 Å². The van der Waals surface area contributed by atoms with Crippen molar-refractivity contribution in [3.8, 4) is 0 Å². The molecule has 0 aliphatic rings. The monoisotopic (exact) mass is 460 g/mol. The topological polar surface area (TPSA) is 71.3 Å². The summed E-state index contributed by atoms with van der Waals surface area (Å²) < 4.78 is 6.01. The summed E-state index contributed by atoms with van der Waals surface area (Å²) in [6, 6.07) is 24.0. The van der Waals surface area contributed by atoms with Gasteiger partial charge in [0.15, 0.2) is 5.76 Å². The normalized spacial score (nSPS) is 11.3. The van der Waals surface area contributed by atoms with Crippen LogP contribution in [0.25, 0.3) is 16.8 Å². The first-order valence-electron chi connectivity index (χ1n) is 9.21. The number of carbonyl (C=O) groups is 2. The van der Waals surface area contributed by atoms with Crippen molar-refractivity contribution in [3.63, 3.8) is 0 Å². The van der Waals surface area contributed by atoms with Gasteiger partial charge in [0.25, 0.3) is 11.8 Å². The molecule has 148 valence electrons. The van der Waals surface area contributed by atoms with Crippen molar-refractivity contribution in [2.45, 2.75) is 0 Å². The van der Waals surface area contributed by atoms with Crippen LogP contribution in [0.4, 0.5) is 5.69 Å². The molecule has 0 atom stereocenters. The molecular weight excluding hydrogens is 444 g/mol. The van der Waals surface area contributed by atoms with Gasteiger partial charge in [0.1, 0.15) is 5.70 Å². The lowest BCUT2D eigenvalue weighted by Crippen LogP contribution is -2.30. The van der Waals surface area contributed by atoms with E-state index in [0.717, 1.165) is 20.8 Å². The number of anilines is 1. The van der Waals surface area contributed by atoms with Gasteiger partial charge in [-0.25, -0.2) is 0 Å². The van der Waals surface area contributed by atoms with E-state index in [2.05, 4.69) is 26.6 Å². The number of benzene rings is 3. The highest BCUT2D eigenvalue weighted by Crippen LogP contribution is 2.23. The molecule has 0 saturated carbocycles. The Morgan fingerprint density at radius 1 is 0.900 bits per heavy atom. The molecule has 2 N–H and O–H groups in total. The first-order valence-corrected chi connectivity index (χ1v) is 10.0. The van der Waals surface area contributed by atoms with Crippen molar-refractivity contribution >= 4 is 50.3 Å². The molecule has 6 heteroatoms. The van der Waals surface area contributed by atoms with E-state index in [-0.39, 0.29) is 11.5 Å². The number of furan rings is 1. The van der Waals surface area contributed by atoms with Crippen LogP contribution in [0.3, 0.4) is 0 Å². The highest BCUT2D eigenvalue weighted by molar-refractivity contribution is 9.10. The summed E-state index contributed by atoms with van der Waals surface area (Å²) >= 11 is 3.42. The Hall–Kier alpha value is -3.64. The summed E-state index contributed by atoms with van der Waals surface area (Å²) in [5.74, 6) is -0.825. The van der Waals surface area contributed by atoms with Crippen LogP contribution in [0.15, 0.2) is 99.7 Å². The first kappa shape index (κ1) is 19.7. The summed E-state index contributed by atoms with van der Waals surface area (Å²) in [6.45, 7) is 0. The van der Waals surface area contributed by atoms with Crippen molar-refractivity contribution in [3.05, 3.63) is 107 Å². The van der Waals surface area contributed by atoms with Crippen molar-refractivity contribution in [1.29, 1.82) is 0 Å². The average Bonchev–Trinajstić information content (AvgIpc) is 3.29. The molecule has 3 aromatic carbocycles. The molecule has 0 bridgehead atoms. The first-order chi connectivity index (χ1) is 14.6. The maximum absolute atomic E-state index is 13.1. The van der Waals surface area contributed by atoms with Gasteiger partial charge in [-0.2, -0.15) is 0 Å². The van der Waals surface area contributed by atoms with Crippen LogP contribution in [-0.4, -0.2) is 11.8 Å². The van der Waals surface area contributed by atoms with E-state index in [4.69, 9.17) is 4.42 Å². The predicted molar refractivity (Wildman–Crippen MR) is 121 cm³/mol. The Morgan fingerprint density at radius 2 is 1.70 bits per heavy atom. The Morgan fingerprint density at radius 3 is 2.50 bits per heavy atom. The highest BCUT2D eigenvalue weighted by atomic mass is 79.9. The molecule has 1 aromatic heterocycles. The zero-order valence-corrected chi connectivity index (χ0v) is 17.3. The second kappa shape index (κ2) is 8.80. The van der Waals surface area contributed by atoms with Crippen molar-refractivity contribution < 1.29 is 14.0 Å². The molecule has 5 nitrogen and oxygen atoms in total. The second-order valence-corrected chi connectivity index (χ2v) is 7.44. The molecule has 0 aliphatic heterocycles. The minimum Gasteiger partial charge on any atom is -0.459 e. The van der Waals surface area contributed by atoms with Gasteiger partial charge in [0.05, 0.1) is 6.26 Å². The van der Waals surface area contributed by atoms with E-state index in [1.807, 2.05) is 66.7 Å². The Kier molecular flexibility index (Phi) is 5.77. The summed E-state index contributed by atoms with van der Waals surface area (Å²) in [5, 5.41) is 7.48. The van der Waals surface area contributed by atoms with Gasteiger partial charge in [-0.1, -0.05) is 64.5 Å². The maximum atomic E-state index is 13.1. The molecule has 4 aromatic rings. The summed E-state index contributed by atoms with van der Waals surface area (Å²) in [4.78, 5) is 25.6. The number of hydrogen-bond donors (Lipinski definition) is 2. The summed E-state index contributed by atoms with van der Waals surface area (Å²) in [5.41, 5.74) is 1.51. The molecule has 2 amide bonds. The zero-order valence-electron chi connectivity index (χ0n) is 15.8. The van der Waals surface area contributed by atoms with Gasteiger partial charge < -0.3 is 15.1 Å². The molecule has 0 aliphatic carbocycles. The molecule has 0 radical (unpaired) electrons. The number of halogens is 1. The van der Waals surface area contributed by atoms with Gasteiger partial charge in [-0.3, -0.25) is 9.59 Å². The SMILES string of the molecule is O=C(Nc1cccc2ccccc12)C(=Cc1cccc(Br)c1)NC(=O)c1ccco1. The molecule has 0 unspecified atom stereocenters. The minimum absolute atomic E-state index is 0.0995. The molecule has 4 rings (SSSR count). The minimum atomic E-state index is -0.505. The van der Waals surface area contributed by atoms with Gasteiger partial charge >= 0.3 is 0 Å². The van der Waals surface area contributed by atoms with Gasteiger partial charge in [0.2, 0.25) is 0 Å². The van der Waals surface area contributed by atoms with Gasteiger partial charge in [0, 0.05) is 15.5 Å². The molecule has 0 spiro atoms. The van der Waals surface area contributed by atoms with Crippen LogP contribution in [0.1, 0.15) is 16.1 Å². The Bertz CT molecular complexity index is 1240. The lowest BCUT2D eigenvalue weighted by Gasteiger charge is -2.12. The number of nitrogens with one attached hydrogen (secondary N) is 2. The number of amides is 2. The summed E-state index contributed by atoms with van der Waals surface area (Å²) in [7, 11) is 0. The van der Waals surface area contributed by atoms with Crippen molar-refractivity contribution in [2.24, 2.45) is 0 Å². The van der Waals surface area contributed by atoms with E-state index < -0.39 is 11.8 Å². The van der Waals surface area contributed by atoms with Crippen LogP contribution in [0.2, 0.25) is 0 Å². The van der Waals surface area contributed by atoms with Gasteiger partial charge in [-0.05, 0) is 47.4 Å². The van der Waals surface area contributed by atoms with Gasteiger partial charge in [-0.15, -0.1) is 0 Å². The highest BCUT2D eigenvalue weighted by Gasteiger charge is 2.17. The fraction of sp³-hybridized carbons (Fsp3) is 0. The Labute approximate surface area is 181 Å². The largest absolute Gasteiger partial charge is 0.459 e. The second-order valence-electron chi connectivity index (χ2n) is 6.53. The smallest absolute Gasteiger partial charge is 0.291 e. The Balaban J connectivity index is 1.67. The maximum Gasteiger partial charge on any atom is 0.291 e. The molecule has 0 saturated heterocycles. The van der Waals surface area contributed by atoms with Crippen LogP contribution >= 0.6 is 15.9 Å².